The third-order valence-corrected chi connectivity index (χ3v) is 3.59. The maximum Gasteiger partial charge on any atom is 0.315 e. The summed E-state index contributed by atoms with van der Waals surface area (Å²) in [5.74, 6) is -1.19. The smallest absolute Gasteiger partial charge is 0.315 e. The van der Waals surface area contributed by atoms with Gasteiger partial charge in [-0.25, -0.2) is 9.18 Å². The van der Waals surface area contributed by atoms with Crippen LogP contribution in [-0.2, 0) is 4.79 Å². The highest BCUT2D eigenvalue weighted by atomic mass is 19.1. The molecule has 2 rings (SSSR count). The third-order valence-electron chi connectivity index (χ3n) is 3.59. The van der Waals surface area contributed by atoms with Gasteiger partial charge < -0.3 is 15.7 Å². The number of carboxylic acid groups (broad SMARTS) is 1. The van der Waals surface area contributed by atoms with Crippen molar-refractivity contribution in [2.75, 3.05) is 6.54 Å². The van der Waals surface area contributed by atoms with E-state index in [-0.39, 0.29) is 30.9 Å². The normalized spacial score (nSPS) is 17.5. The zero-order chi connectivity index (χ0) is 15.9. The zero-order valence-electron chi connectivity index (χ0n) is 12.1. The van der Waals surface area contributed by atoms with E-state index in [1.54, 1.807) is 12.1 Å². The Kier molecular flexibility index (Phi) is 5.52. The fraction of sp³-hybridized carbons (Fsp3) is 0.375. The first-order chi connectivity index (χ1) is 10.5. The Morgan fingerprint density at radius 3 is 2.59 bits per heavy atom. The molecule has 1 aliphatic carbocycles. The number of halogens is 1. The minimum atomic E-state index is -0.940. The molecule has 1 aromatic carbocycles. The topological polar surface area (TPSA) is 78.4 Å². The summed E-state index contributed by atoms with van der Waals surface area (Å²) >= 11 is 0. The lowest BCUT2D eigenvalue weighted by Gasteiger charge is -2.23. The molecule has 0 fully saturated rings. The predicted octanol–water partition coefficient (Wildman–Crippen LogP) is 2.54. The number of allylic oxidation sites excluding steroid dienone is 1. The van der Waals surface area contributed by atoms with E-state index in [1.165, 1.54) is 12.1 Å². The molecule has 5 nitrogen and oxygen atoms in total. The van der Waals surface area contributed by atoms with E-state index in [0.29, 0.717) is 6.42 Å². The van der Waals surface area contributed by atoms with E-state index < -0.39 is 5.97 Å². The van der Waals surface area contributed by atoms with E-state index in [9.17, 15) is 14.0 Å². The van der Waals surface area contributed by atoms with Gasteiger partial charge in [0.25, 0.3) is 0 Å². The van der Waals surface area contributed by atoms with Crippen molar-refractivity contribution in [3.8, 4) is 0 Å². The van der Waals surface area contributed by atoms with Crippen molar-refractivity contribution in [1.29, 1.82) is 0 Å². The van der Waals surface area contributed by atoms with Crippen LogP contribution in [0.15, 0.2) is 30.3 Å². The summed E-state index contributed by atoms with van der Waals surface area (Å²) in [5.41, 5.74) is 2.16. The molecule has 3 N–H and O–H groups in total. The minimum absolute atomic E-state index is 0.0361. The summed E-state index contributed by atoms with van der Waals surface area (Å²) in [7, 11) is 0. The lowest BCUT2D eigenvalue weighted by molar-refractivity contribution is -0.136. The van der Waals surface area contributed by atoms with Gasteiger partial charge in [-0.05, 0) is 42.5 Å². The summed E-state index contributed by atoms with van der Waals surface area (Å²) in [6, 6.07) is 6.09. The molecule has 1 aliphatic rings. The Bertz CT molecular complexity index is 569. The van der Waals surface area contributed by atoms with E-state index >= 15 is 0 Å². The van der Waals surface area contributed by atoms with Crippen molar-refractivity contribution in [3.63, 3.8) is 0 Å². The summed E-state index contributed by atoms with van der Waals surface area (Å²) in [4.78, 5) is 22.0. The Morgan fingerprint density at radius 1 is 1.27 bits per heavy atom. The number of carbonyl (C=O) groups is 2. The second-order valence-corrected chi connectivity index (χ2v) is 5.25. The Morgan fingerprint density at radius 2 is 2.00 bits per heavy atom. The second-order valence-electron chi connectivity index (χ2n) is 5.25. The van der Waals surface area contributed by atoms with E-state index in [4.69, 9.17) is 5.11 Å². The van der Waals surface area contributed by atoms with Gasteiger partial charge >= 0.3 is 12.0 Å². The zero-order valence-corrected chi connectivity index (χ0v) is 12.1. The largest absolute Gasteiger partial charge is 0.481 e. The Balaban J connectivity index is 1.79. The van der Waals surface area contributed by atoms with Crippen molar-refractivity contribution >= 4 is 17.6 Å². The Labute approximate surface area is 128 Å². The van der Waals surface area contributed by atoms with Crippen LogP contribution in [0.25, 0.3) is 5.57 Å². The Hall–Kier alpha value is -2.37. The van der Waals surface area contributed by atoms with Crippen LogP contribution in [0, 0.1) is 5.82 Å². The highest BCUT2D eigenvalue weighted by molar-refractivity contribution is 5.75. The average molecular weight is 306 g/mol. The minimum Gasteiger partial charge on any atom is -0.481 e. The van der Waals surface area contributed by atoms with Gasteiger partial charge in [-0.1, -0.05) is 18.2 Å². The van der Waals surface area contributed by atoms with E-state index in [0.717, 1.165) is 24.0 Å². The first kappa shape index (κ1) is 16.0. The quantitative estimate of drug-likeness (QED) is 0.782. The fourth-order valence-electron chi connectivity index (χ4n) is 2.41. The van der Waals surface area contributed by atoms with Gasteiger partial charge in [-0.2, -0.15) is 0 Å². The van der Waals surface area contributed by atoms with Crippen molar-refractivity contribution in [2.24, 2.45) is 0 Å². The van der Waals surface area contributed by atoms with Gasteiger partial charge in [0.15, 0.2) is 0 Å². The SMILES string of the molecule is O=C(O)CCNC(=O)NC1CC=C(c2ccc(F)cc2)CC1. The first-order valence-electron chi connectivity index (χ1n) is 7.25. The second kappa shape index (κ2) is 7.59. The molecule has 0 aromatic heterocycles. The van der Waals surface area contributed by atoms with Gasteiger partial charge in [-0.15, -0.1) is 0 Å². The van der Waals surface area contributed by atoms with Crippen LogP contribution in [0.2, 0.25) is 0 Å². The molecule has 118 valence electrons. The van der Waals surface area contributed by atoms with Gasteiger partial charge in [0.2, 0.25) is 0 Å². The lowest BCUT2D eigenvalue weighted by atomic mass is 9.91. The molecule has 0 saturated carbocycles. The summed E-state index contributed by atoms with van der Waals surface area (Å²) in [6.45, 7) is 0.116. The number of benzene rings is 1. The third kappa shape index (κ3) is 4.87. The molecule has 0 spiro atoms. The van der Waals surface area contributed by atoms with Crippen LogP contribution in [0.4, 0.5) is 9.18 Å². The number of carbonyl (C=O) groups excluding carboxylic acids is 1. The molecule has 2 amide bonds. The van der Waals surface area contributed by atoms with Crippen molar-refractivity contribution in [3.05, 3.63) is 41.7 Å². The lowest BCUT2D eigenvalue weighted by Crippen LogP contribution is -2.43. The van der Waals surface area contributed by atoms with Gasteiger partial charge in [0.1, 0.15) is 5.82 Å². The monoisotopic (exact) mass is 306 g/mol. The maximum atomic E-state index is 12.9. The van der Waals surface area contributed by atoms with Crippen LogP contribution in [-0.4, -0.2) is 29.7 Å². The molecule has 0 saturated heterocycles. The maximum absolute atomic E-state index is 12.9. The van der Waals surface area contributed by atoms with Crippen LogP contribution in [0.3, 0.4) is 0 Å². The highest BCUT2D eigenvalue weighted by Gasteiger charge is 2.17. The number of urea groups is 1. The summed E-state index contributed by atoms with van der Waals surface area (Å²) < 4.78 is 12.9. The van der Waals surface area contributed by atoms with Crippen LogP contribution in [0.1, 0.15) is 31.2 Å². The fourth-order valence-corrected chi connectivity index (χ4v) is 2.41. The summed E-state index contributed by atoms with van der Waals surface area (Å²) in [5, 5.41) is 13.8. The summed E-state index contributed by atoms with van der Waals surface area (Å²) in [6.07, 6.45) is 4.28. The molecular weight excluding hydrogens is 287 g/mol. The molecule has 22 heavy (non-hydrogen) atoms. The number of nitrogens with one attached hydrogen (secondary N) is 2. The molecule has 1 aromatic rings. The van der Waals surface area contributed by atoms with Crippen molar-refractivity contribution in [2.45, 2.75) is 31.7 Å². The molecule has 0 aliphatic heterocycles. The molecule has 0 radical (unpaired) electrons. The van der Waals surface area contributed by atoms with Crippen molar-refractivity contribution in [1.82, 2.24) is 10.6 Å². The van der Waals surface area contributed by atoms with Crippen LogP contribution in [0.5, 0.6) is 0 Å². The van der Waals surface area contributed by atoms with E-state index in [1.807, 2.05) is 0 Å². The molecule has 6 heteroatoms. The van der Waals surface area contributed by atoms with Crippen molar-refractivity contribution < 1.29 is 19.1 Å². The number of amides is 2. The van der Waals surface area contributed by atoms with Gasteiger partial charge in [-0.3, -0.25) is 4.79 Å². The molecule has 0 bridgehead atoms. The number of rotatable bonds is 5. The van der Waals surface area contributed by atoms with Crippen LogP contribution < -0.4 is 10.6 Å². The molecule has 1 unspecified atom stereocenters. The van der Waals surface area contributed by atoms with E-state index in [2.05, 4.69) is 16.7 Å². The number of carboxylic acids is 1. The van der Waals surface area contributed by atoms with Gasteiger partial charge in [0.05, 0.1) is 6.42 Å². The number of hydrogen-bond donors (Lipinski definition) is 3. The average Bonchev–Trinajstić information content (AvgIpc) is 2.48. The molecular formula is C16H19FN2O3. The van der Waals surface area contributed by atoms with Gasteiger partial charge in [0, 0.05) is 12.6 Å². The molecule has 1 atom stereocenters. The standard InChI is InChI=1S/C16H19FN2O3/c17-13-5-1-11(2-6-13)12-3-7-14(8-4-12)19-16(22)18-10-9-15(20)21/h1-3,5-6,14H,4,7-10H2,(H,20,21)(H2,18,19,22). The highest BCUT2D eigenvalue weighted by Crippen LogP contribution is 2.27. The van der Waals surface area contributed by atoms with Crippen LogP contribution >= 0.6 is 0 Å². The first-order valence-corrected chi connectivity index (χ1v) is 7.25. The predicted molar refractivity (Wildman–Crippen MR) is 80.8 cm³/mol. The molecule has 0 heterocycles. The number of aliphatic carboxylic acids is 1. The number of hydrogen-bond acceptors (Lipinski definition) is 2.